The molecule has 0 amide bonds. The number of benzene rings is 1. The number of aryl methyl sites for hydroxylation is 1. The molecule has 1 unspecified atom stereocenters. The Labute approximate surface area is 80.7 Å². The summed E-state index contributed by atoms with van der Waals surface area (Å²) in [6, 6.07) is 8.49. The van der Waals surface area contributed by atoms with Crippen molar-refractivity contribution in [2.75, 3.05) is 13.2 Å². The Morgan fingerprint density at radius 2 is 2.00 bits per heavy atom. The Bertz CT molecular complexity index is 255. The van der Waals surface area contributed by atoms with Gasteiger partial charge in [-0.1, -0.05) is 31.2 Å². The highest BCUT2D eigenvalue weighted by atomic mass is 16.5. The maximum atomic E-state index is 5.40. The summed E-state index contributed by atoms with van der Waals surface area (Å²) in [4.78, 5) is 0. The van der Waals surface area contributed by atoms with Gasteiger partial charge in [0.1, 0.15) is 0 Å². The van der Waals surface area contributed by atoms with E-state index in [-0.39, 0.29) is 0 Å². The highest BCUT2D eigenvalue weighted by Gasteiger charge is 2.06. The lowest BCUT2D eigenvalue weighted by molar-refractivity contribution is 0.136. The summed E-state index contributed by atoms with van der Waals surface area (Å²) in [5.41, 5.74) is 2.76. The van der Waals surface area contributed by atoms with Crippen LogP contribution in [-0.4, -0.2) is 13.2 Å². The van der Waals surface area contributed by atoms with Crippen LogP contribution in [0, 0.1) is 6.92 Å². The third-order valence-electron chi connectivity index (χ3n) is 2.29. The Balaban J connectivity index is 2.65. The molecule has 1 aromatic carbocycles. The van der Waals surface area contributed by atoms with Crippen molar-refractivity contribution in [1.29, 1.82) is 0 Å². The molecule has 0 fully saturated rings. The molecule has 0 bridgehead atoms. The highest BCUT2D eigenvalue weighted by molar-refractivity contribution is 5.28. The largest absolute Gasteiger partial charge is 0.381 e. The van der Waals surface area contributed by atoms with Gasteiger partial charge in [0.05, 0.1) is 6.61 Å². The van der Waals surface area contributed by atoms with Gasteiger partial charge < -0.3 is 4.74 Å². The smallest absolute Gasteiger partial charge is 0.0532 e. The van der Waals surface area contributed by atoms with Crippen LogP contribution < -0.4 is 0 Å². The summed E-state index contributed by atoms with van der Waals surface area (Å²) in [5.74, 6) is 0.501. The van der Waals surface area contributed by atoms with Crippen LogP contribution in [0.2, 0.25) is 0 Å². The fourth-order valence-electron chi connectivity index (χ4n) is 1.52. The molecule has 0 radical (unpaired) electrons. The van der Waals surface area contributed by atoms with Crippen molar-refractivity contribution >= 4 is 0 Å². The number of ether oxygens (including phenoxy) is 1. The van der Waals surface area contributed by atoms with Crippen molar-refractivity contribution in [3.05, 3.63) is 35.4 Å². The molecule has 13 heavy (non-hydrogen) atoms. The van der Waals surface area contributed by atoms with E-state index < -0.39 is 0 Å². The third kappa shape index (κ3) is 2.85. The van der Waals surface area contributed by atoms with Crippen LogP contribution in [0.15, 0.2) is 24.3 Å². The molecular formula is C12H18O. The Morgan fingerprint density at radius 1 is 1.31 bits per heavy atom. The van der Waals surface area contributed by atoms with Gasteiger partial charge in [0.2, 0.25) is 0 Å². The van der Waals surface area contributed by atoms with Gasteiger partial charge >= 0.3 is 0 Å². The summed E-state index contributed by atoms with van der Waals surface area (Å²) in [7, 11) is 0. The van der Waals surface area contributed by atoms with Gasteiger partial charge in [-0.3, -0.25) is 0 Å². The number of hydrogen-bond acceptors (Lipinski definition) is 1. The van der Waals surface area contributed by atoms with Crippen LogP contribution in [-0.2, 0) is 4.74 Å². The Kier molecular flexibility index (Phi) is 3.97. The fourth-order valence-corrected chi connectivity index (χ4v) is 1.52. The van der Waals surface area contributed by atoms with Crippen molar-refractivity contribution < 1.29 is 4.74 Å². The first-order valence-corrected chi connectivity index (χ1v) is 4.89. The van der Waals surface area contributed by atoms with Crippen molar-refractivity contribution in [3.63, 3.8) is 0 Å². The summed E-state index contributed by atoms with van der Waals surface area (Å²) in [6.07, 6.45) is 0. The van der Waals surface area contributed by atoms with Crippen LogP contribution >= 0.6 is 0 Å². The van der Waals surface area contributed by atoms with E-state index in [9.17, 15) is 0 Å². The SMILES string of the molecule is CCOCC(C)c1ccccc1C. The molecule has 72 valence electrons. The highest BCUT2D eigenvalue weighted by Crippen LogP contribution is 2.18. The molecule has 1 heteroatoms. The molecule has 0 heterocycles. The second-order valence-corrected chi connectivity index (χ2v) is 3.42. The van der Waals surface area contributed by atoms with Gasteiger partial charge in [-0.2, -0.15) is 0 Å². The average molecular weight is 178 g/mol. The zero-order chi connectivity index (χ0) is 9.68. The molecule has 0 spiro atoms. The van der Waals surface area contributed by atoms with Crippen LogP contribution in [0.5, 0.6) is 0 Å². The molecule has 0 N–H and O–H groups in total. The van der Waals surface area contributed by atoms with E-state index in [0.717, 1.165) is 13.2 Å². The first-order chi connectivity index (χ1) is 6.25. The van der Waals surface area contributed by atoms with Gasteiger partial charge in [0.15, 0.2) is 0 Å². The normalized spacial score (nSPS) is 12.8. The molecule has 1 nitrogen and oxygen atoms in total. The maximum absolute atomic E-state index is 5.40. The zero-order valence-corrected chi connectivity index (χ0v) is 8.71. The second kappa shape index (κ2) is 5.03. The summed E-state index contributed by atoms with van der Waals surface area (Å²) in [5, 5.41) is 0. The van der Waals surface area contributed by atoms with Crippen LogP contribution in [0.25, 0.3) is 0 Å². The van der Waals surface area contributed by atoms with E-state index in [0.29, 0.717) is 5.92 Å². The van der Waals surface area contributed by atoms with Crippen molar-refractivity contribution in [3.8, 4) is 0 Å². The zero-order valence-electron chi connectivity index (χ0n) is 8.71. The topological polar surface area (TPSA) is 9.23 Å². The molecular weight excluding hydrogens is 160 g/mol. The van der Waals surface area contributed by atoms with E-state index >= 15 is 0 Å². The van der Waals surface area contributed by atoms with Gasteiger partial charge in [0, 0.05) is 12.5 Å². The molecule has 0 aliphatic heterocycles. The first-order valence-electron chi connectivity index (χ1n) is 4.89. The fraction of sp³-hybridized carbons (Fsp3) is 0.500. The predicted octanol–water partition coefficient (Wildman–Crippen LogP) is 3.14. The lowest BCUT2D eigenvalue weighted by Gasteiger charge is -2.13. The predicted molar refractivity (Wildman–Crippen MR) is 56.1 cm³/mol. The van der Waals surface area contributed by atoms with E-state index in [2.05, 4.69) is 38.1 Å². The maximum Gasteiger partial charge on any atom is 0.0532 e. The van der Waals surface area contributed by atoms with Crippen LogP contribution in [0.4, 0.5) is 0 Å². The van der Waals surface area contributed by atoms with E-state index in [4.69, 9.17) is 4.74 Å². The number of rotatable bonds is 4. The first kappa shape index (κ1) is 10.3. The molecule has 1 atom stereocenters. The van der Waals surface area contributed by atoms with Crippen molar-refractivity contribution in [1.82, 2.24) is 0 Å². The van der Waals surface area contributed by atoms with Gasteiger partial charge in [-0.25, -0.2) is 0 Å². The quantitative estimate of drug-likeness (QED) is 0.688. The summed E-state index contributed by atoms with van der Waals surface area (Å²) < 4.78 is 5.40. The Morgan fingerprint density at radius 3 is 2.62 bits per heavy atom. The lowest BCUT2D eigenvalue weighted by atomic mass is 9.97. The van der Waals surface area contributed by atoms with Crippen molar-refractivity contribution in [2.24, 2.45) is 0 Å². The molecule has 0 aliphatic rings. The molecule has 0 saturated carbocycles. The Hall–Kier alpha value is -0.820. The van der Waals surface area contributed by atoms with Gasteiger partial charge in [-0.15, -0.1) is 0 Å². The molecule has 0 aliphatic carbocycles. The average Bonchev–Trinajstić information content (AvgIpc) is 2.15. The molecule has 0 aromatic heterocycles. The third-order valence-corrected chi connectivity index (χ3v) is 2.29. The standard InChI is InChI=1S/C12H18O/c1-4-13-9-11(3)12-8-6-5-7-10(12)2/h5-8,11H,4,9H2,1-3H3. The molecule has 1 aromatic rings. The minimum Gasteiger partial charge on any atom is -0.381 e. The summed E-state index contributed by atoms with van der Waals surface area (Å²) in [6.45, 7) is 8.01. The van der Waals surface area contributed by atoms with Crippen LogP contribution in [0.3, 0.4) is 0 Å². The van der Waals surface area contributed by atoms with Crippen LogP contribution in [0.1, 0.15) is 30.9 Å². The molecule has 0 saturated heterocycles. The number of hydrogen-bond donors (Lipinski definition) is 0. The summed E-state index contributed by atoms with van der Waals surface area (Å²) >= 11 is 0. The minimum absolute atomic E-state index is 0.501. The monoisotopic (exact) mass is 178 g/mol. The minimum atomic E-state index is 0.501. The van der Waals surface area contributed by atoms with Gasteiger partial charge in [0.25, 0.3) is 0 Å². The second-order valence-electron chi connectivity index (χ2n) is 3.42. The van der Waals surface area contributed by atoms with E-state index in [1.165, 1.54) is 11.1 Å². The molecule has 1 rings (SSSR count). The lowest BCUT2D eigenvalue weighted by Crippen LogP contribution is -2.05. The van der Waals surface area contributed by atoms with Crippen molar-refractivity contribution in [2.45, 2.75) is 26.7 Å². The van der Waals surface area contributed by atoms with Gasteiger partial charge in [-0.05, 0) is 25.0 Å². The van der Waals surface area contributed by atoms with E-state index in [1.807, 2.05) is 6.92 Å². The van der Waals surface area contributed by atoms with E-state index in [1.54, 1.807) is 0 Å².